The third-order valence-electron chi connectivity index (χ3n) is 8.61. The highest BCUT2D eigenvalue weighted by Gasteiger charge is 2.63. The molecule has 1 aromatic rings. The van der Waals surface area contributed by atoms with Gasteiger partial charge in [-0.15, -0.1) is 0 Å². The average Bonchev–Trinajstić information content (AvgIpc) is 2.93. The topological polar surface area (TPSA) is 27.7 Å². The summed E-state index contributed by atoms with van der Waals surface area (Å²) in [6.45, 7) is 1.81. The molecule has 0 bridgehead atoms. The lowest BCUT2D eigenvalue weighted by Gasteiger charge is -2.40. The van der Waals surface area contributed by atoms with Gasteiger partial charge in [-0.3, -0.25) is 0 Å². The minimum Gasteiger partial charge on any atom is -0.499 e. The molecular formula is C29H35F9O3. The highest BCUT2D eigenvalue weighted by atomic mass is 19.4. The maximum atomic E-state index is 15.0. The average molecular weight is 603 g/mol. The van der Waals surface area contributed by atoms with E-state index in [9.17, 15) is 30.7 Å². The molecule has 0 radical (unpaired) electrons. The maximum Gasteiger partial charge on any atom is 0.416 e. The number of alkyl halides is 9. The van der Waals surface area contributed by atoms with Crippen LogP contribution in [0.4, 0.5) is 39.5 Å². The van der Waals surface area contributed by atoms with E-state index in [4.69, 9.17) is 14.2 Å². The zero-order valence-electron chi connectivity index (χ0n) is 22.7. The lowest BCUT2D eigenvalue weighted by atomic mass is 9.72. The molecular weight excluding hydrogens is 567 g/mol. The zero-order chi connectivity index (χ0) is 30.1. The van der Waals surface area contributed by atoms with Crippen LogP contribution in [0.1, 0.15) is 75.8 Å². The molecule has 0 amide bonds. The molecule has 3 nitrogen and oxygen atoms in total. The SMILES string of the molecule is CCOC1=CCC(C2CCC(C(F)(F)OC3CCC(C(F)(F)C(F)(F)c4ccc(C(F)(F)F)cc4)OC3)CC2)CC1. The second kappa shape index (κ2) is 12.3. The van der Waals surface area contributed by atoms with Crippen molar-refractivity contribution in [3.05, 3.63) is 47.2 Å². The van der Waals surface area contributed by atoms with Gasteiger partial charge < -0.3 is 14.2 Å². The van der Waals surface area contributed by atoms with Crippen molar-refractivity contribution in [1.29, 1.82) is 0 Å². The number of hydrogen-bond acceptors (Lipinski definition) is 3. The molecule has 0 spiro atoms. The molecule has 4 rings (SSSR count). The molecule has 1 aromatic carbocycles. The molecule has 41 heavy (non-hydrogen) atoms. The van der Waals surface area contributed by atoms with Crippen molar-refractivity contribution in [3.63, 3.8) is 0 Å². The summed E-state index contributed by atoms with van der Waals surface area (Å²) in [6.07, 6.45) is -6.46. The Hall–Kier alpha value is -1.95. The van der Waals surface area contributed by atoms with Crippen molar-refractivity contribution in [2.45, 2.75) is 101 Å². The summed E-state index contributed by atoms with van der Waals surface area (Å²) >= 11 is 0. The van der Waals surface area contributed by atoms with Gasteiger partial charge in [-0.2, -0.15) is 39.5 Å². The number of ether oxygens (including phenoxy) is 3. The Bertz CT molecular complexity index is 1020. The number of allylic oxidation sites excluding steroid dienone is 2. The normalized spacial score (nSPS) is 28.7. The van der Waals surface area contributed by atoms with E-state index in [1.807, 2.05) is 6.92 Å². The zero-order valence-corrected chi connectivity index (χ0v) is 22.7. The van der Waals surface area contributed by atoms with Crippen LogP contribution < -0.4 is 0 Å². The van der Waals surface area contributed by atoms with Gasteiger partial charge >= 0.3 is 24.1 Å². The van der Waals surface area contributed by atoms with Crippen molar-refractivity contribution >= 4 is 0 Å². The van der Waals surface area contributed by atoms with Crippen molar-refractivity contribution < 1.29 is 53.7 Å². The first kappa shape index (κ1) is 32.0. The molecule has 1 aliphatic heterocycles. The molecule has 2 fully saturated rings. The monoisotopic (exact) mass is 602 g/mol. The van der Waals surface area contributed by atoms with Gasteiger partial charge in [0.1, 0.15) is 6.10 Å². The maximum absolute atomic E-state index is 15.0. The fourth-order valence-corrected chi connectivity index (χ4v) is 6.19. The fourth-order valence-electron chi connectivity index (χ4n) is 6.19. The molecule has 1 saturated heterocycles. The van der Waals surface area contributed by atoms with Gasteiger partial charge in [0.25, 0.3) is 0 Å². The summed E-state index contributed by atoms with van der Waals surface area (Å²) in [6, 6.07) is 1.18. The Morgan fingerprint density at radius 2 is 1.41 bits per heavy atom. The van der Waals surface area contributed by atoms with Crippen LogP contribution in [-0.4, -0.2) is 37.5 Å². The first-order valence-corrected chi connectivity index (χ1v) is 14.1. The standard InChI is InChI=1S/C29H35F9O3/c1-2-39-23-13-5-19(6-14-23)18-3-7-22(8-4-18)29(37,38)41-24-15-16-25(40-17-24)27(32,33)26(30,31)20-9-11-21(12-10-20)28(34,35)36/h9-13,18-19,22,24-25H,2-8,14-17H2,1H3. The summed E-state index contributed by atoms with van der Waals surface area (Å²) < 4.78 is 143. The molecule has 12 heteroatoms. The third-order valence-corrected chi connectivity index (χ3v) is 8.61. The van der Waals surface area contributed by atoms with E-state index in [1.165, 1.54) is 0 Å². The predicted octanol–water partition coefficient (Wildman–Crippen LogP) is 9.12. The van der Waals surface area contributed by atoms with Gasteiger partial charge in [0.2, 0.25) is 0 Å². The van der Waals surface area contributed by atoms with Crippen molar-refractivity contribution in [1.82, 2.24) is 0 Å². The van der Waals surface area contributed by atoms with E-state index in [0.717, 1.165) is 25.0 Å². The summed E-state index contributed by atoms with van der Waals surface area (Å²) in [5.41, 5.74) is -2.57. The molecule has 1 saturated carbocycles. The van der Waals surface area contributed by atoms with E-state index in [1.54, 1.807) is 0 Å². The Labute approximate surface area is 233 Å². The largest absolute Gasteiger partial charge is 0.499 e. The van der Waals surface area contributed by atoms with E-state index >= 15 is 8.78 Å². The molecule has 1 heterocycles. The number of halogens is 9. The van der Waals surface area contributed by atoms with E-state index in [-0.39, 0.29) is 19.3 Å². The van der Waals surface area contributed by atoms with E-state index in [2.05, 4.69) is 6.08 Å². The Balaban J connectivity index is 1.27. The van der Waals surface area contributed by atoms with Crippen molar-refractivity contribution in [2.75, 3.05) is 13.2 Å². The summed E-state index contributed by atoms with van der Waals surface area (Å²) in [5.74, 6) is -8.96. The highest BCUT2D eigenvalue weighted by Crippen LogP contribution is 2.49. The van der Waals surface area contributed by atoms with Crippen LogP contribution in [0, 0.1) is 17.8 Å². The van der Waals surface area contributed by atoms with Crippen LogP contribution in [0.5, 0.6) is 0 Å². The van der Waals surface area contributed by atoms with Crippen LogP contribution in [0.15, 0.2) is 36.1 Å². The Morgan fingerprint density at radius 3 is 1.93 bits per heavy atom. The Morgan fingerprint density at radius 1 is 0.780 bits per heavy atom. The second-order valence-corrected chi connectivity index (χ2v) is 11.2. The quantitative estimate of drug-likeness (QED) is 0.264. The van der Waals surface area contributed by atoms with Crippen LogP contribution in [0.2, 0.25) is 0 Å². The minimum atomic E-state index is -4.85. The molecule has 232 valence electrons. The molecule has 3 aliphatic rings. The van der Waals surface area contributed by atoms with Crippen molar-refractivity contribution in [3.8, 4) is 0 Å². The van der Waals surface area contributed by atoms with Crippen LogP contribution >= 0.6 is 0 Å². The first-order chi connectivity index (χ1) is 19.1. The van der Waals surface area contributed by atoms with Crippen molar-refractivity contribution in [2.24, 2.45) is 17.8 Å². The van der Waals surface area contributed by atoms with Gasteiger partial charge in [-0.05, 0) is 88.3 Å². The number of hydrogen-bond donors (Lipinski definition) is 0. The van der Waals surface area contributed by atoms with Gasteiger partial charge in [-0.25, -0.2) is 0 Å². The van der Waals surface area contributed by atoms with Gasteiger partial charge in [0, 0.05) is 12.0 Å². The third kappa shape index (κ3) is 7.17. The molecule has 3 atom stereocenters. The van der Waals surface area contributed by atoms with Gasteiger partial charge in [0.15, 0.2) is 0 Å². The smallest absolute Gasteiger partial charge is 0.416 e. The number of benzene rings is 1. The van der Waals surface area contributed by atoms with Crippen LogP contribution in [-0.2, 0) is 26.3 Å². The lowest BCUT2D eigenvalue weighted by Crippen LogP contribution is -2.52. The molecule has 2 aliphatic carbocycles. The van der Waals surface area contributed by atoms with Crippen LogP contribution in [0.3, 0.4) is 0 Å². The number of rotatable bonds is 9. The second-order valence-electron chi connectivity index (χ2n) is 11.2. The molecule has 0 aromatic heterocycles. The first-order valence-electron chi connectivity index (χ1n) is 14.1. The fraction of sp³-hybridized carbons (Fsp3) is 0.724. The highest BCUT2D eigenvalue weighted by molar-refractivity contribution is 5.29. The van der Waals surface area contributed by atoms with Gasteiger partial charge in [0.05, 0.1) is 36.6 Å². The molecule has 0 N–H and O–H groups in total. The predicted molar refractivity (Wildman–Crippen MR) is 132 cm³/mol. The summed E-state index contributed by atoms with van der Waals surface area (Å²) in [7, 11) is 0. The summed E-state index contributed by atoms with van der Waals surface area (Å²) in [5, 5.41) is 0. The summed E-state index contributed by atoms with van der Waals surface area (Å²) in [4.78, 5) is 0. The lowest BCUT2D eigenvalue weighted by molar-refractivity contribution is -0.325. The molecule has 3 unspecified atom stereocenters. The van der Waals surface area contributed by atoms with E-state index in [0.29, 0.717) is 55.5 Å². The van der Waals surface area contributed by atoms with Gasteiger partial charge in [-0.1, -0.05) is 12.1 Å². The van der Waals surface area contributed by atoms with Crippen LogP contribution in [0.25, 0.3) is 0 Å². The Kier molecular flexibility index (Phi) is 9.63. The minimum absolute atomic E-state index is 0.254. The van der Waals surface area contributed by atoms with E-state index < -0.39 is 66.4 Å².